The van der Waals surface area contributed by atoms with E-state index in [9.17, 15) is 9.59 Å². The van der Waals surface area contributed by atoms with Gasteiger partial charge in [0.05, 0.1) is 5.92 Å². The fourth-order valence-electron chi connectivity index (χ4n) is 2.22. The fourth-order valence-corrected chi connectivity index (χ4v) is 2.22. The van der Waals surface area contributed by atoms with E-state index in [4.69, 9.17) is 10.2 Å². The van der Waals surface area contributed by atoms with Crippen molar-refractivity contribution in [2.75, 3.05) is 0 Å². The molecule has 0 aromatic rings. The molecule has 1 atom stereocenters. The second-order valence-electron chi connectivity index (χ2n) is 4.06. The quantitative estimate of drug-likeness (QED) is 0.722. The Morgan fingerprint density at radius 1 is 1.33 bits per heavy atom. The van der Waals surface area contributed by atoms with E-state index in [0.29, 0.717) is 24.8 Å². The number of carbonyl (C=O) groups is 2. The fraction of sp³-hybridized carbons (Fsp3) is 0.455. The molecule has 2 aliphatic carbocycles. The van der Waals surface area contributed by atoms with Gasteiger partial charge in [-0.1, -0.05) is 5.57 Å². The van der Waals surface area contributed by atoms with Crippen molar-refractivity contribution in [2.24, 2.45) is 5.92 Å². The van der Waals surface area contributed by atoms with Gasteiger partial charge >= 0.3 is 11.9 Å². The van der Waals surface area contributed by atoms with E-state index < -0.39 is 11.9 Å². The number of hydrogen-bond donors (Lipinski definition) is 2. The lowest BCUT2D eigenvalue weighted by molar-refractivity contribution is -0.142. The van der Waals surface area contributed by atoms with Crippen LogP contribution in [0.2, 0.25) is 0 Å². The van der Waals surface area contributed by atoms with Crippen molar-refractivity contribution >= 4 is 11.9 Å². The minimum atomic E-state index is -0.892. The van der Waals surface area contributed by atoms with Crippen LogP contribution in [0.4, 0.5) is 0 Å². The standard InChI is InChI=1S/C11H12O4/c12-10(13)7-2-1-6-3-9(11(14)15)5-8(6)4-7/h5,7H,1-4H2,(H,12,13)(H,14,15). The normalized spacial score (nSPS) is 24.8. The molecule has 0 saturated carbocycles. The van der Waals surface area contributed by atoms with E-state index in [2.05, 4.69) is 0 Å². The van der Waals surface area contributed by atoms with Crippen molar-refractivity contribution in [3.8, 4) is 0 Å². The molecule has 0 bridgehead atoms. The summed E-state index contributed by atoms with van der Waals surface area (Å²) < 4.78 is 0. The number of carboxylic acids is 2. The monoisotopic (exact) mass is 208 g/mol. The average Bonchev–Trinajstić information content (AvgIpc) is 2.59. The second kappa shape index (κ2) is 3.53. The van der Waals surface area contributed by atoms with Crippen LogP contribution in [-0.2, 0) is 9.59 Å². The number of rotatable bonds is 2. The molecule has 4 nitrogen and oxygen atoms in total. The minimum absolute atomic E-state index is 0.340. The van der Waals surface area contributed by atoms with Gasteiger partial charge in [-0.05, 0) is 30.9 Å². The Morgan fingerprint density at radius 3 is 2.67 bits per heavy atom. The third kappa shape index (κ3) is 1.79. The van der Waals surface area contributed by atoms with Gasteiger partial charge in [0.1, 0.15) is 0 Å². The van der Waals surface area contributed by atoms with Crippen molar-refractivity contribution in [1.29, 1.82) is 0 Å². The highest BCUT2D eigenvalue weighted by Crippen LogP contribution is 2.38. The number of hydrogen-bond acceptors (Lipinski definition) is 2. The van der Waals surface area contributed by atoms with E-state index in [1.165, 1.54) is 0 Å². The Kier molecular flexibility index (Phi) is 2.34. The minimum Gasteiger partial charge on any atom is -0.481 e. The first-order valence-corrected chi connectivity index (χ1v) is 4.95. The Balaban J connectivity index is 2.14. The summed E-state index contributed by atoms with van der Waals surface area (Å²) in [7, 11) is 0. The van der Waals surface area contributed by atoms with Gasteiger partial charge < -0.3 is 10.2 Å². The van der Waals surface area contributed by atoms with Crippen LogP contribution < -0.4 is 0 Å². The molecule has 0 radical (unpaired) electrons. The molecule has 0 aromatic carbocycles. The van der Waals surface area contributed by atoms with Crippen molar-refractivity contribution in [2.45, 2.75) is 25.7 Å². The summed E-state index contributed by atoms with van der Waals surface area (Å²) in [6, 6.07) is 0. The number of carboxylic acid groups (broad SMARTS) is 2. The van der Waals surface area contributed by atoms with Crippen molar-refractivity contribution in [3.05, 3.63) is 22.8 Å². The largest absolute Gasteiger partial charge is 0.481 e. The molecule has 2 rings (SSSR count). The average molecular weight is 208 g/mol. The van der Waals surface area contributed by atoms with Gasteiger partial charge in [-0.25, -0.2) is 4.79 Å². The maximum absolute atomic E-state index is 10.8. The highest BCUT2D eigenvalue weighted by Gasteiger charge is 2.29. The van der Waals surface area contributed by atoms with Crippen LogP contribution >= 0.6 is 0 Å². The summed E-state index contributed by atoms with van der Waals surface area (Å²) in [5.74, 6) is -2.01. The summed E-state index contributed by atoms with van der Waals surface area (Å²) in [6.07, 6.45) is 3.99. The lowest BCUT2D eigenvalue weighted by Gasteiger charge is -2.19. The smallest absolute Gasteiger partial charge is 0.331 e. The number of aliphatic carboxylic acids is 2. The van der Waals surface area contributed by atoms with Crippen LogP contribution in [0.25, 0.3) is 0 Å². The first-order valence-electron chi connectivity index (χ1n) is 4.95. The summed E-state index contributed by atoms with van der Waals surface area (Å²) in [6.45, 7) is 0. The van der Waals surface area contributed by atoms with Crippen LogP contribution in [-0.4, -0.2) is 22.2 Å². The predicted octanol–water partition coefficient (Wildman–Crippen LogP) is 1.58. The van der Waals surface area contributed by atoms with Gasteiger partial charge in [0.25, 0.3) is 0 Å². The maximum Gasteiger partial charge on any atom is 0.331 e. The van der Waals surface area contributed by atoms with Crippen molar-refractivity contribution in [1.82, 2.24) is 0 Å². The molecule has 0 spiro atoms. The Labute approximate surface area is 86.9 Å². The summed E-state index contributed by atoms with van der Waals surface area (Å²) >= 11 is 0. The van der Waals surface area contributed by atoms with Crippen LogP contribution in [0.1, 0.15) is 25.7 Å². The van der Waals surface area contributed by atoms with Gasteiger partial charge in [-0.2, -0.15) is 0 Å². The number of allylic oxidation sites excluding steroid dienone is 3. The zero-order chi connectivity index (χ0) is 11.0. The van der Waals surface area contributed by atoms with E-state index in [0.717, 1.165) is 17.6 Å². The van der Waals surface area contributed by atoms with Crippen molar-refractivity contribution < 1.29 is 19.8 Å². The zero-order valence-corrected chi connectivity index (χ0v) is 8.19. The highest BCUT2D eigenvalue weighted by atomic mass is 16.4. The predicted molar refractivity (Wildman–Crippen MR) is 52.3 cm³/mol. The van der Waals surface area contributed by atoms with Gasteiger partial charge in [0, 0.05) is 12.0 Å². The molecule has 0 fully saturated rings. The van der Waals surface area contributed by atoms with Gasteiger partial charge in [0.15, 0.2) is 0 Å². The highest BCUT2D eigenvalue weighted by molar-refractivity contribution is 5.89. The van der Waals surface area contributed by atoms with Crippen LogP contribution in [0.5, 0.6) is 0 Å². The lowest BCUT2D eigenvalue weighted by Crippen LogP contribution is -2.17. The molecule has 15 heavy (non-hydrogen) atoms. The van der Waals surface area contributed by atoms with Gasteiger partial charge in [-0.15, -0.1) is 0 Å². The first kappa shape index (κ1) is 9.96. The Bertz CT molecular complexity index is 389. The molecule has 0 aliphatic heterocycles. The lowest BCUT2D eigenvalue weighted by atomic mass is 9.85. The van der Waals surface area contributed by atoms with Crippen molar-refractivity contribution in [3.63, 3.8) is 0 Å². The van der Waals surface area contributed by atoms with Crippen LogP contribution in [0.3, 0.4) is 0 Å². The molecule has 0 heterocycles. The van der Waals surface area contributed by atoms with Crippen LogP contribution in [0.15, 0.2) is 22.8 Å². The molecule has 0 aromatic heterocycles. The summed E-state index contributed by atoms with van der Waals surface area (Å²) in [5, 5.41) is 17.7. The first-order chi connectivity index (χ1) is 7.08. The summed E-state index contributed by atoms with van der Waals surface area (Å²) in [5.41, 5.74) is 2.45. The third-order valence-electron chi connectivity index (χ3n) is 3.09. The molecule has 2 N–H and O–H groups in total. The van der Waals surface area contributed by atoms with E-state index in [-0.39, 0.29) is 5.92 Å². The van der Waals surface area contributed by atoms with E-state index in [1.807, 2.05) is 0 Å². The molecule has 80 valence electrons. The molecule has 1 unspecified atom stereocenters. The topological polar surface area (TPSA) is 74.6 Å². The molecule has 2 aliphatic rings. The summed E-state index contributed by atoms with van der Waals surface area (Å²) in [4.78, 5) is 21.5. The molecule has 0 saturated heterocycles. The van der Waals surface area contributed by atoms with E-state index in [1.54, 1.807) is 6.08 Å². The SMILES string of the molecule is O=C(O)C1=CC2=C(CCC(C(=O)O)C2)C1. The third-order valence-corrected chi connectivity index (χ3v) is 3.09. The van der Waals surface area contributed by atoms with E-state index >= 15 is 0 Å². The Morgan fingerprint density at radius 2 is 2.07 bits per heavy atom. The molecular formula is C11H12O4. The zero-order valence-electron chi connectivity index (χ0n) is 8.19. The Hall–Kier alpha value is -1.58. The molecular weight excluding hydrogens is 196 g/mol. The second-order valence-corrected chi connectivity index (χ2v) is 4.06. The maximum atomic E-state index is 10.8. The van der Waals surface area contributed by atoms with Gasteiger partial charge in [0.2, 0.25) is 0 Å². The molecule has 0 amide bonds. The van der Waals surface area contributed by atoms with Crippen LogP contribution in [0, 0.1) is 5.92 Å². The van der Waals surface area contributed by atoms with Gasteiger partial charge in [-0.3, -0.25) is 4.79 Å². The molecule has 4 heteroatoms.